The smallest absolute Gasteiger partial charge is 0.152 e. The summed E-state index contributed by atoms with van der Waals surface area (Å²) in [6.07, 6.45) is 11.2. The summed E-state index contributed by atoms with van der Waals surface area (Å²) < 4.78 is 12.0. The van der Waals surface area contributed by atoms with Crippen LogP contribution in [0.15, 0.2) is 47.2 Å². The van der Waals surface area contributed by atoms with Crippen LogP contribution in [-0.4, -0.2) is 34.6 Å². The first kappa shape index (κ1) is 15.7. The summed E-state index contributed by atoms with van der Waals surface area (Å²) in [6, 6.07) is 11.4. The van der Waals surface area contributed by atoms with Crippen LogP contribution in [0.3, 0.4) is 0 Å². The molecule has 1 saturated heterocycles. The third kappa shape index (κ3) is 2.58. The summed E-state index contributed by atoms with van der Waals surface area (Å²) in [5.41, 5.74) is 5.38. The van der Waals surface area contributed by atoms with Gasteiger partial charge in [0.05, 0.1) is 6.26 Å². The van der Waals surface area contributed by atoms with E-state index < -0.39 is 0 Å². The van der Waals surface area contributed by atoms with Crippen molar-refractivity contribution in [1.82, 2.24) is 9.88 Å². The molecular weight excluding hydrogens is 336 g/mol. The largest absolute Gasteiger partial charge is 0.487 e. The van der Waals surface area contributed by atoms with Crippen molar-refractivity contribution in [3.8, 4) is 16.9 Å². The Morgan fingerprint density at radius 1 is 1.04 bits per heavy atom. The summed E-state index contributed by atoms with van der Waals surface area (Å²) in [6.45, 7) is 2.37. The van der Waals surface area contributed by atoms with Gasteiger partial charge in [-0.05, 0) is 42.2 Å². The molecule has 4 heteroatoms. The fourth-order valence-electron chi connectivity index (χ4n) is 4.94. The van der Waals surface area contributed by atoms with Gasteiger partial charge in [-0.15, -0.1) is 0 Å². The Hall–Kier alpha value is -2.33. The fourth-order valence-corrected chi connectivity index (χ4v) is 4.94. The third-order valence-electron chi connectivity index (χ3n) is 6.84. The van der Waals surface area contributed by atoms with E-state index in [9.17, 15) is 0 Å². The van der Waals surface area contributed by atoms with E-state index in [0.717, 1.165) is 47.7 Å². The molecule has 0 unspecified atom stereocenters. The molecule has 2 aliphatic heterocycles. The molecule has 2 aromatic heterocycles. The van der Waals surface area contributed by atoms with Crippen molar-refractivity contribution >= 4 is 11.1 Å². The molecule has 1 aliphatic carbocycles. The number of piperidine rings is 1. The number of pyridine rings is 1. The first-order valence-corrected chi connectivity index (χ1v) is 10.2. The Labute approximate surface area is 159 Å². The highest BCUT2D eigenvalue weighted by molar-refractivity contribution is 5.79. The molecule has 3 aliphatic rings. The zero-order valence-electron chi connectivity index (χ0n) is 15.5. The van der Waals surface area contributed by atoms with E-state index in [1.807, 2.05) is 12.3 Å². The van der Waals surface area contributed by atoms with Gasteiger partial charge in [0.15, 0.2) is 5.58 Å². The van der Waals surface area contributed by atoms with E-state index in [4.69, 9.17) is 9.15 Å². The van der Waals surface area contributed by atoms with Crippen molar-refractivity contribution in [1.29, 1.82) is 0 Å². The van der Waals surface area contributed by atoms with Gasteiger partial charge >= 0.3 is 0 Å². The van der Waals surface area contributed by atoms with Crippen molar-refractivity contribution in [3.05, 3.63) is 48.4 Å². The summed E-state index contributed by atoms with van der Waals surface area (Å²) in [7, 11) is 0. The van der Waals surface area contributed by atoms with Crippen LogP contribution < -0.4 is 4.74 Å². The minimum Gasteiger partial charge on any atom is -0.487 e. The van der Waals surface area contributed by atoms with Crippen molar-refractivity contribution in [2.24, 2.45) is 0 Å². The molecule has 138 valence electrons. The Kier molecular flexibility index (Phi) is 3.39. The molecule has 4 heterocycles. The van der Waals surface area contributed by atoms with E-state index in [1.54, 1.807) is 6.26 Å². The molecular formula is C23H24N2O2. The van der Waals surface area contributed by atoms with Gasteiger partial charge in [0.25, 0.3) is 0 Å². The van der Waals surface area contributed by atoms with Crippen molar-refractivity contribution in [2.45, 2.75) is 50.2 Å². The van der Waals surface area contributed by atoms with Crippen LogP contribution in [0.25, 0.3) is 22.2 Å². The minimum absolute atomic E-state index is 0.0183. The van der Waals surface area contributed by atoms with E-state index >= 15 is 0 Å². The molecule has 0 bridgehead atoms. The van der Waals surface area contributed by atoms with Crippen LogP contribution >= 0.6 is 0 Å². The quantitative estimate of drug-likeness (QED) is 0.657. The van der Waals surface area contributed by atoms with Crippen LogP contribution in [-0.2, 0) is 6.42 Å². The number of aromatic nitrogens is 1. The maximum Gasteiger partial charge on any atom is 0.152 e. The fraction of sp³-hybridized carbons (Fsp3) is 0.435. The first-order valence-electron chi connectivity index (χ1n) is 10.2. The van der Waals surface area contributed by atoms with E-state index in [2.05, 4.69) is 34.1 Å². The number of ether oxygens (including phenoxy) is 1. The molecule has 0 atom stereocenters. The highest BCUT2D eigenvalue weighted by Gasteiger charge is 2.43. The number of nitrogens with zero attached hydrogens (tertiary/aromatic N) is 2. The van der Waals surface area contributed by atoms with Gasteiger partial charge in [-0.3, -0.25) is 4.98 Å². The van der Waals surface area contributed by atoms with Gasteiger partial charge in [0, 0.05) is 56.2 Å². The zero-order valence-corrected chi connectivity index (χ0v) is 15.5. The molecule has 27 heavy (non-hydrogen) atoms. The van der Waals surface area contributed by atoms with Gasteiger partial charge in [0.1, 0.15) is 16.9 Å². The number of benzene rings is 1. The normalized spacial score (nSPS) is 21.9. The van der Waals surface area contributed by atoms with Gasteiger partial charge in [-0.2, -0.15) is 0 Å². The molecule has 1 spiro atoms. The number of furan rings is 1. The van der Waals surface area contributed by atoms with Crippen LogP contribution in [0.4, 0.5) is 0 Å². The molecule has 2 fully saturated rings. The molecule has 6 rings (SSSR count). The van der Waals surface area contributed by atoms with Crippen molar-refractivity contribution in [3.63, 3.8) is 0 Å². The Morgan fingerprint density at radius 3 is 2.74 bits per heavy atom. The Balaban J connectivity index is 1.24. The molecule has 0 radical (unpaired) electrons. The lowest BCUT2D eigenvalue weighted by Gasteiger charge is -2.45. The zero-order chi connectivity index (χ0) is 17.8. The highest BCUT2D eigenvalue weighted by atomic mass is 16.5. The van der Waals surface area contributed by atoms with Crippen LogP contribution in [0.1, 0.15) is 37.7 Å². The van der Waals surface area contributed by atoms with Gasteiger partial charge in [0.2, 0.25) is 0 Å². The molecule has 1 aromatic carbocycles. The number of rotatable bonds is 2. The van der Waals surface area contributed by atoms with E-state index in [0.29, 0.717) is 0 Å². The van der Waals surface area contributed by atoms with E-state index in [-0.39, 0.29) is 5.60 Å². The minimum atomic E-state index is 0.0183. The number of hydrogen-bond acceptors (Lipinski definition) is 4. The number of likely N-dealkylation sites (tertiary alicyclic amines) is 1. The first-order chi connectivity index (χ1) is 13.3. The summed E-state index contributed by atoms with van der Waals surface area (Å²) in [5, 5.41) is 0. The lowest BCUT2D eigenvalue weighted by Crippen LogP contribution is -2.52. The summed E-state index contributed by atoms with van der Waals surface area (Å²) in [4.78, 5) is 7.19. The molecule has 0 amide bonds. The molecule has 4 nitrogen and oxygen atoms in total. The monoisotopic (exact) mass is 360 g/mol. The lowest BCUT2D eigenvalue weighted by atomic mass is 9.83. The average molecular weight is 360 g/mol. The Morgan fingerprint density at radius 2 is 1.93 bits per heavy atom. The topological polar surface area (TPSA) is 38.5 Å². The van der Waals surface area contributed by atoms with E-state index in [1.165, 1.54) is 43.5 Å². The Bertz CT molecular complexity index is 997. The number of hydrogen-bond donors (Lipinski definition) is 0. The SMILES string of the molecule is c1cc2ncc(-c3ccc4c(c3)CC3(CCN(C5CCC5)CC3)O4)cc2o1. The van der Waals surface area contributed by atoms with Gasteiger partial charge < -0.3 is 14.1 Å². The third-order valence-corrected chi connectivity index (χ3v) is 6.84. The number of fused-ring (bicyclic) bond motifs is 2. The second-order valence-electron chi connectivity index (χ2n) is 8.43. The highest BCUT2D eigenvalue weighted by Crippen LogP contribution is 2.43. The molecule has 3 aromatic rings. The van der Waals surface area contributed by atoms with Crippen molar-refractivity contribution < 1.29 is 9.15 Å². The average Bonchev–Trinajstić information content (AvgIpc) is 3.25. The second-order valence-corrected chi connectivity index (χ2v) is 8.43. The van der Waals surface area contributed by atoms with Crippen molar-refractivity contribution in [2.75, 3.05) is 13.1 Å². The summed E-state index contributed by atoms with van der Waals surface area (Å²) >= 11 is 0. The van der Waals surface area contributed by atoms with Crippen LogP contribution in [0, 0.1) is 0 Å². The van der Waals surface area contributed by atoms with Crippen LogP contribution in [0.2, 0.25) is 0 Å². The standard InChI is InChI=1S/C23H24N2O2/c1-2-19(3-1)25-9-7-23(8-10-25)14-17-12-16(4-5-21(17)27-23)18-13-22-20(24-15-18)6-11-26-22/h4-6,11-13,15,19H,1-3,7-10,14H2. The van der Waals surface area contributed by atoms with Gasteiger partial charge in [-0.1, -0.05) is 12.5 Å². The predicted octanol–water partition coefficient (Wildman–Crippen LogP) is 4.82. The summed E-state index contributed by atoms with van der Waals surface area (Å²) in [5.74, 6) is 1.07. The molecule has 1 saturated carbocycles. The molecule has 0 N–H and O–H groups in total. The lowest BCUT2D eigenvalue weighted by molar-refractivity contribution is -0.00746. The second kappa shape index (κ2) is 5.83. The van der Waals surface area contributed by atoms with Crippen LogP contribution in [0.5, 0.6) is 5.75 Å². The van der Waals surface area contributed by atoms with Gasteiger partial charge in [-0.25, -0.2) is 0 Å². The maximum atomic E-state index is 6.50. The maximum absolute atomic E-state index is 6.50. The predicted molar refractivity (Wildman–Crippen MR) is 105 cm³/mol.